The van der Waals surface area contributed by atoms with Crippen LogP contribution in [0.1, 0.15) is 47.4 Å². The van der Waals surface area contributed by atoms with Crippen molar-refractivity contribution in [1.29, 1.82) is 0 Å². The fourth-order valence-corrected chi connectivity index (χ4v) is 2.06. The highest BCUT2D eigenvalue weighted by atomic mass is 16.5. The van der Waals surface area contributed by atoms with E-state index in [0.29, 0.717) is 23.6 Å². The summed E-state index contributed by atoms with van der Waals surface area (Å²) in [5, 5.41) is 5.60. The van der Waals surface area contributed by atoms with Gasteiger partial charge in [0.2, 0.25) is 0 Å². The number of carbonyl (C=O) groups excluding carboxylic acids is 2. The van der Waals surface area contributed by atoms with Crippen LogP contribution in [0.2, 0.25) is 0 Å². The molecule has 1 heterocycles. The molecule has 1 aromatic carbocycles. The van der Waals surface area contributed by atoms with Crippen molar-refractivity contribution in [3.05, 3.63) is 53.5 Å². The maximum Gasteiger partial charge on any atom is 0.291 e. The van der Waals surface area contributed by atoms with Crippen LogP contribution < -0.4 is 10.6 Å². The number of rotatable bonds is 5. The van der Waals surface area contributed by atoms with E-state index in [0.717, 1.165) is 0 Å². The van der Waals surface area contributed by atoms with Crippen LogP contribution in [0.5, 0.6) is 0 Å². The van der Waals surface area contributed by atoms with Crippen molar-refractivity contribution < 1.29 is 18.7 Å². The summed E-state index contributed by atoms with van der Waals surface area (Å²) in [5.41, 5.74) is 0.663. The number of nitrogens with one attached hydrogen (secondary N) is 2. The fourth-order valence-electron chi connectivity index (χ4n) is 2.06. The zero-order valence-corrected chi connectivity index (χ0v) is 14.3. The van der Waals surface area contributed by atoms with Gasteiger partial charge in [-0.1, -0.05) is 6.07 Å². The Hall–Kier alpha value is -2.60. The highest BCUT2D eigenvalue weighted by molar-refractivity contribution is 6.03. The quantitative estimate of drug-likeness (QED) is 0.882. The van der Waals surface area contributed by atoms with Gasteiger partial charge in [0.05, 0.1) is 0 Å². The molecule has 0 saturated heterocycles. The third-order valence-electron chi connectivity index (χ3n) is 3.04. The molecule has 6 nitrogen and oxygen atoms in total. The normalized spacial score (nSPS) is 11.2. The maximum absolute atomic E-state index is 12.2. The Bertz CT molecular complexity index is 729. The van der Waals surface area contributed by atoms with Crippen LogP contribution >= 0.6 is 0 Å². The third kappa shape index (κ3) is 4.96. The van der Waals surface area contributed by atoms with Crippen molar-refractivity contribution in [1.82, 2.24) is 5.32 Å². The van der Waals surface area contributed by atoms with E-state index in [1.165, 1.54) is 0 Å². The molecule has 2 rings (SSSR count). The van der Waals surface area contributed by atoms with Gasteiger partial charge >= 0.3 is 0 Å². The molecule has 128 valence electrons. The summed E-state index contributed by atoms with van der Waals surface area (Å²) in [7, 11) is 1.55. The molecule has 0 aliphatic rings. The van der Waals surface area contributed by atoms with Gasteiger partial charge in [0, 0.05) is 23.9 Å². The van der Waals surface area contributed by atoms with Crippen LogP contribution in [-0.2, 0) is 11.3 Å². The van der Waals surface area contributed by atoms with Gasteiger partial charge in [-0.05, 0) is 51.1 Å². The standard InChI is InChI=1S/C18H22N2O4/c1-18(2,3)20-16(21)12-6-5-7-13(10-12)19-17(22)15-9-8-14(24-15)11-23-4/h5-10H,11H2,1-4H3,(H,19,22)(H,20,21). The Morgan fingerprint density at radius 1 is 1.12 bits per heavy atom. The SMILES string of the molecule is COCc1ccc(C(=O)Nc2cccc(C(=O)NC(C)(C)C)c2)o1. The summed E-state index contributed by atoms with van der Waals surface area (Å²) < 4.78 is 10.3. The summed E-state index contributed by atoms with van der Waals surface area (Å²) >= 11 is 0. The van der Waals surface area contributed by atoms with Gasteiger partial charge in [-0.15, -0.1) is 0 Å². The Balaban J connectivity index is 2.08. The molecular formula is C18H22N2O4. The number of carbonyl (C=O) groups is 2. The van der Waals surface area contributed by atoms with Crippen molar-refractivity contribution in [3.63, 3.8) is 0 Å². The first kappa shape index (κ1) is 17.7. The smallest absolute Gasteiger partial charge is 0.291 e. The highest BCUT2D eigenvalue weighted by Crippen LogP contribution is 2.15. The van der Waals surface area contributed by atoms with Crippen molar-refractivity contribution >= 4 is 17.5 Å². The van der Waals surface area contributed by atoms with Crippen molar-refractivity contribution in [3.8, 4) is 0 Å². The molecule has 2 N–H and O–H groups in total. The Morgan fingerprint density at radius 2 is 1.88 bits per heavy atom. The second-order valence-electron chi connectivity index (χ2n) is 6.44. The fraction of sp³-hybridized carbons (Fsp3) is 0.333. The summed E-state index contributed by atoms with van der Waals surface area (Å²) in [4.78, 5) is 24.4. The van der Waals surface area contributed by atoms with E-state index in [1.54, 1.807) is 43.5 Å². The second kappa shape index (κ2) is 7.31. The molecule has 0 radical (unpaired) electrons. The van der Waals surface area contributed by atoms with E-state index in [-0.39, 0.29) is 23.1 Å². The van der Waals surface area contributed by atoms with E-state index in [9.17, 15) is 9.59 Å². The molecule has 6 heteroatoms. The summed E-state index contributed by atoms with van der Waals surface area (Å²) in [6, 6.07) is 10.0. The number of benzene rings is 1. The van der Waals surface area contributed by atoms with E-state index >= 15 is 0 Å². The minimum absolute atomic E-state index is 0.187. The number of furan rings is 1. The van der Waals surface area contributed by atoms with Crippen molar-refractivity contribution in [2.75, 3.05) is 12.4 Å². The maximum atomic E-state index is 12.2. The van der Waals surface area contributed by atoms with Gasteiger partial charge in [0.1, 0.15) is 12.4 Å². The summed E-state index contributed by atoms with van der Waals surface area (Å²) in [6.45, 7) is 6.02. The second-order valence-corrected chi connectivity index (χ2v) is 6.44. The summed E-state index contributed by atoms with van der Waals surface area (Å²) in [6.07, 6.45) is 0. The third-order valence-corrected chi connectivity index (χ3v) is 3.04. The lowest BCUT2D eigenvalue weighted by molar-refractivity contribution is 0.0918. The topological polar surface area (TPSA) is 80.6 Å². The van der Waals surface area contributed by atoms with Crippen molar-refractivity contribution in [2.24, 2.45) is 0 Å². The number of methoxy groups -OCH3 is 1. The Kier molecular flexibility index (Phi) is 5.41. The minimum Gasteiger partial charge on any atom is -0.453 e. The predicted octanol–water partition coefficient (Wildman–Crippen LogP) is 3.21. The lowest BCUT2D eigenvalue weighted by Crippen LogP contribution is -2.40. The average molecular weight is 330 g/mol. The molecule has 2 aromatic rings. The van der Waals surface area contributed by atoms with Gasteiger partial charge in [0.25, 0.3) is 11.8 Å². The lowest BCUT2D eigenvalue weighted by Gasteiger charge is -2.20. The van der Waals surface area contributed by atoms with Gasteiger partial charge in [-0.3, -0.25) is 9.59 Å². The molecule has 0 unspecified atom stereocenters. The molecule has 24 heavy (non-hydrogen) atoms. The first-order valence-electron chi connectivity index (χ1n) is 7.60. The Labute approximate surface area is 141 Å². The minimum atomic E-state index is -0.384. The van der Waals surface area contributed by atoms with Crippen LogP contribution in [0.4, 0.5) is 5.69 Å². The molecule has 0 spiro atoms. The van der Waals surface area contributed by atoms with Gasteiger partial charge in [-0.25, -0.2) is 0 Å². The van der Waals surface area contributed by atoms with E-state index < -0.39 is 0 Å². The molecule has 0 aliphatic carbocycles. The molecule has 2 amide bonds. The van der Waals surface area contributed by atoms with Crippen LogP contribution in [0, 0.1) is 0 Å². The number of amides is 2. The highest BCUT2D eigenvalue weighted by Gasteiger charge is 2.16. The van der Waals surface area contributed by atoms with Crippen LogP contribution in [0.25, 0.3) is 0 Å². The van der Waals surface area contributed by atoms with Crippen LogP contribution in [0.15, 0.2) is 40.8 Å². The van der Waals surface area contributed by atoms with E-state index in [4.69, 9.17) is 9.15 Å². The average Bonchev–Trinajstić information content (AvgIpc) is 2.95. The first-order chi connectivity index (χ1) is 11.3. The van der Waals surface area contributed by atoms with Gasteiger partial charge < -0.3 is 19.8 Å². The monoisotopic (exact) mass is 330 g/mol. The largest absolute Gasteiger partial charge is 0.453 e. The van der Waals surface area contributed by atoms with Crippen LogP contribution in [0.3, 0.4) is 0 Å². The molecule has 0 saturated carbocycles. The van der Waals surface area contributed by atoms with Gasteiger partial charge in [0.15, 0.2) is 5.76 Å². The van der Waals surface area contributed by atoms with Gasteiger partial charge in [-0.2, -0.15) is 0 Å². The number of hydrogen-bond donors (Lipinski definition) is 2. The predicted molar refractivity (Wildman–Crippen MR) is 91.0 cm³/mol. The van der Waals surface area contributed by atoms with Crippen molar-refractivity contribution in [2.45, 2.75) is 32.9 Å². The van der Waals surface area contributed by atoms with Crippen LogP contribution in [-0.4, -0.2) is 24.5 Å². The zero-order valence-electron chi connectivity index (χ0n) is 14.3. The van der Waals surface area contributed by atoms with E-state index in [2.05, 4.69) is 10.6 Å². The number of anilines is 1. The molecule has 0 bridgehead atoms. The number of ether oxygens (including phenoxy) is 1. The molecule has 0 atom stereocenters. The molecule has 1 aromatic heterocycles. The molecular weight excluding hydrogens is 308 g/mol. The zero-order chi connectivity index (χ0) is 17.7. The molecule has 0 fully saturated rings. The lowest BCUT2D eigenvalue weighted by atomic mass is 10.1. The van der Waals surface area contributed by atoms with E-state index in [1.807, 2.05) is 20.8 Å². The first-order valence-corrected chi connectivity index (χ1v) is 7.60. The number of hydrogen-bond acceptors (Lipinski definition) is 4. The Morgan fingerprint density at radius 3 is 2.54 bits per heavy atom. The molecule has 0 aliphatic heterocycles. The summed E-state index contributed by atoms with van der Waals surface area (Å²) in [5.74, 6) is 0.178.